The number of rotatable bonds is 3. The Bertz CT molecular complexity index is 573. The van der Waals surface area contributed by atoms with Crippen LogP contribution in [0.1, 0.15) is 32.3 Å². The van der Waals surface area contributed by atoms with Crippen molar-refractivity contribution in [2.75, 3.05) is 11.4 Å². The Morgan fingerprint density at radius 1 is 1.52 bits per heavy atom. The molecule has 2 rings (SSSR count). The van der Waals surface area contributed by atoms with E-state index in [0.717, 1.165) is 25.1 Å². The summed E-state index contributed by atoms with van der Waals surface area (Å²) in [5.41, 5.74) is 6.79. The van der Waals surface area contributed by atoms with Crippen LogP contribution in [0.3, 0.4) is 0 Å². The molecule has 7 nitrogen and oxygen atoms in total. The van der Waals surface area contributed by atoms with E-state index in [1.54, 1.807) is 6.07 Å². The van der Waals surface area contributed by atoms with Crippen molar-refractivity contribution in [3.63, 3.8) is 0 Å². The summed E-state index contributed by atoms with van der Waals surface area (Å²) in [6.45, 7) is 5.19. The number of oxime groups is 1. The lowest BCUT2D eigenvalue weighted by Crippen LogP contribution is -2.41. The van der Waals surface area contributed by atoms with E-state index in [9.17, 15) is 10.1 Å². The van der Waals surface area contributed by atoms with Gasteiger partial charge in [-0.25, -0.2) is 0 Å². The number of non-ortho nitro benzene ring substituents is 1. The van der Waals surface area contributed by atoms with Crippen molar-refractivity contribution in [1.29, 1.82) is 0 Å². The van der Waals surface area contributed by atoms with Crippen LogP contribution in [-0.4, -0.2) is 28.6 Å². The second kappa shape index (κ2) is 5.99. The lowest BCUT2D eigenvalue weighted by molar-refractivity contribution is -0.384. The molecule has 114 valence electrons. The fourth-order valence-corrected chi connectivity index (χ4v) is 2.91. The van der Waals surface area contributed by atoms with Gasteiger partial charge in [-0.05, 0) is 31.7 Å². The molecule has 0 saturated carbocycles. The molecule has 1 saturated heterocycles. The number of piperidine rings is 1. The number of amidine groups is 1. The molecule has 1 fully saturated rings. The van der Waals surface area contributed by atoms with E-state index in [-0.39, 0.29) is 11.5 Å². The topological polar surface area (TPSA) is 105 Å². The third-order valence-electron chi connectivity index (χ3n) is 4.02. The molecule has 0 aliphatic carbocycles. The number of benzene rings is 1. The van der Waals surface area contributed by atoms with E-state index in [1.165, 1.54) is 12.1 Å². The number of nitro groups is 1. The highest BCUT2D eigenvalue weighted by Crippen LogP contribution is 2.32. The SMILES string of the molecule is CC1CCN(c2ccc([N+](=O)[O-])cc2C(N)=NO)C(C)C1. The molecule has 0 aromatic heterocycles. The first kappa shape index (κ1) is 15.1. The zero-order valence-electron chi connectivity index (χ0n) is 12.2. The van der Waals surface area contributed by atoms with Gasteiger partial charge < -0.3 is 15.8 Å². The average molecular weight is 292 g/mol. The summed E-state index contributed by atoms with van der Waals surface area (Å²) >= 11 is 0. The molecule has 0 radical (unpaired) electrons. The smallest absolute Gasteiger partial charge is 0.270 e. The zero-order valence-corrected chi connectivity index (χ0v) is 12.2. The molecule has 2 unspecified atom stereocenters. The van der Waals surface area contributed by atoms with Gasteiger partial charge >= 0.3 is 0 Å². The van der Waals surface area contributed by atoms with Gasteiger partial charge in [0.25, 0.3) is 5.69 Å². The minimum Gasteiger partial charge on any atom is -0.409 e. The van der Waals surface area contributed by atoms with Gasteiger partial charge in [0.15, 0.2) is 5.84 Å². The van der Waals surface area contributed by atoms with Crippen LogP contribution in [0.25, 0.3) is 0 Å². The highest BCUT2D eigenvalue weighted by atomic mass is 16.6. The van der Waals surface area contributed by atoms with Gasteiger partial charge in [0.1, 0.15) is 0 Å². The Labute approximate surface area is 123 Å². The number of nitrogens with two attached hydrogens (primary N) is 1. The molecular formula is C14H20N4O3. The van der Waals surface area contributed by atoms with E-state index in [2.05, 4.69) is 23.9 Å². The predicted molar refractivity (Wildman–Crippen MR) is 80.8 cm³/mol. The van der Waals surface area contributed by atoms with Crippen LogP contribution in [-0.2, 0) is 0 Å². The van der Waals surface area contributed by atoms with Crippen LogP contribution in [0.5, 0.6) is 0 Å². The normalized spacial score (nSPS) is 23.1. The van der Waals surface area contributed by atoms with Crippen molar-refractivity contribution in [2.45, 2.75) is 32.7 Å². The molecule has 3 N–H and O–H groups in total. The Hall–Kier alpha value is -2.31. The van der Waals surface area contributed by atoms with E-state index < -0.39 is 4.92 Å². The quantitative estimate of drug-likeness (QED) is 0.292. The highest BCUT2D eigenvalue weighted by Gasteiger charge is 2.26. The minimum atomic E-state index is -0.486. The van der Waals surface area contributed by atoms with Crippen molar-refractivity contribution in [2.24, 2.45) is 16.8 Å². The molecule has 1 aromatic rings. The molecule has 1 aromatic carbocycles. The van der Waals surface area contributed by atoms with Crippen LogP contribution in [0.4, 0.5) is 11.4 Å². The van der Waals surface area contributed by atoms with Gasteiger partial charge in [-0.1, -0.05) is 12.1 Å². The van der Waals surface area contributed by atoms with Gasteiger partial charge in [0.05, 0.1) is 10.5 Å². The maximum Gasteiger partial charge on any atom is 0.270 e. The monoisotopic (exact) mass is 292 g/mol. The van der Waals surface area contributed by atoms with Gasteiger partial charge in [0, 0.05) is 30.4 Å². The molecule has 2 atom stereocenters. The van der Waals surface area contributed by atoms with Crippen LogP contribution < -0.4 is 10.6 Å². The summed E-state index contributed by atoms with van der Waals surface area (Å²) in [6.07, 6.45) is 2.10. The summed E-state index contributed by atoms with van der Waals surface area (Å²) in [6, 6.07) is 4.79. The number of hydrogen-bond acceptors (Lipinski definition) is 5. The summed E-state index contributed by atoms with van der Waals surface area (Å²) in [5, 5.41) is 22.8. The first-order valence-corrected chi connectivity index (χ1v) is 6.97. The maximum atomic E-state index is 10.9. The molecule has 1 aliphatic heterocycles. The van der Waals surface area contributed by atoms with Gasteiger partial charge in [-0.2, -0.15) is 0 Å². The number of anilines is 1. The first-order chi connectivity index (χ1) is 9.93. The molecule has 7 heteroatoms. The molecule has 0 amide bonds. The summed E-state index contributed by atoms with van der Waals surface area (Å²) in [5.74, 6) is 0.543. The van der Waals surface area contributed by atoms with Gasteiger partial charge in [0.2, 0.25) is 0 Å². The molecular weight excluding hydrogens is 272 g/mol. The number of nitrogens with zero attached hydrogens (tertiary/aromatic N) is 3. The van der Waals surface area contributed by atoms with E-state index in [0.29, 0.717) is 17.5 Å². The molecule has 1 heterocycles. The number of nitro benzene ring substituents is 1. The lowest BCUT2D eigenvalue weighted by Gasteiger charge is -2.39. The third kappa shape index (κ3) is 3.07. The Morgan fingerprint density at radius 2 is 2.24 bits per heavy atom. The summed E-state index contributed by atoms with van der Waals surface area (Å²) in [4.78, 5) is 12.6. The largest absolute Gasteiger partial charge is 0.409 e. The van der Waals surface area contributed by atoms with Crippen molar-refractivity contribution in [3.05, 3.63) is 33.9 Å². The van der Waals surface area contributed by atoms with E-state index in [1.807, 2.05) is 0 Å². The summed E-state index contributed by atoms with van der Waals surface area (Å²) < 4.78 is 0. The van der Waals surface area contributed by atoms with Crippen LogP contribution in [0, 0.1) is 16.0 Å². The van der Waals surface area contributed by atoms with Crippen molar-refractivity contribution in [3.8, 4) is 0 Å². The van der Waals surface area contributed by atoms with Gasteiger partial charge in [-0.15, -0.1) is 0 Å². The van der Waals surface area contributed by atoms with Crippen molar-refractivity contribution >= 4 is 17.2 Å². The molecule has 0 spiro atoms. The Balaban J connectivity index is 2.45. The van der Waals surface area contributed by atoms with E-state index >= 15 is 0 Å². The van der Waals surface area contributed by atoms with Crippen LogP contribution >= 0.6 is 0 Å². The van der Waals surface area contributed by atoms with Crippen molar-refractivity contribution in [1.82, 2.24) is 0 Å². The first-order valence-electron chi connectivity index (χ1n) is 6.97. The van der Waals surface area contributed by atoms with Crippen molar-refractivity contribution < 1.29 is 10.1 Å². The maximum absolute atomic E-state index is 10.9. The second-order valence-electron chi connectivity index (χ2n) is 5.62. The fraction of sp³-hybridized carbons (Fsp3) is 0.500. The summed E-state index contributed by atoms with van der Waals surface area (Å²) in [7, 11) is 0. The predicted octanol–water partition coefficient (Wildman–Crippen LogP) is 2.31. The third-order valence-corrected chi connectivity index (χ3v) is 4.02. The molecule has 1 aliphatic rings. The number of hydrogen-bond donors (Lipinski definition) is 2. The van der Waals surface area contributed by atoms with Crippen LogP contribution in [0.15, 0.2) is 23.4 Å². The molecule has 0 bridgehead atoms. The molecule has 21 heavy (non-hydrogen) atoms. The van der Waals surface area contributed by atoms with Gasteiger partial charge in [-0.3, -0.25) is 10.1 Å². The lowest BCUT2D eigenvalue weighted by atomic mass is 9.92. The second-order valence-corrected chi connectivity index (χ2v) is 5.62. The average Bonchev–Trinajstić information content (AvgIpc) is 2.46. The highest BCUT2D eigenvalue weighted by molar-refractivity contribution is 6.02. The minimum absolute atomic E-state index is 0.0709. The zero-order chi connectivity index (χ0) is 15.6. The van der Waals surface area contributed by atoms with Crippen LogP contribution in [0.2, 0.25) is 0 Å². The Morgan fingerprint density at radius 3 is 2.81 bits per heavy atom. The fourth-order valence-electron chi connectivity index (χ4n) is 2.91. The standard InChI is InChI=1S/C14H20N4O3/c1-9-5-6-17(10(2)7-9)13-4-3-11(18(20)21)8-12(13)14(15)16-19/h3-4,8-10,19H,5-7H2,1-2H3,(H2,15,16). The van der Waals surface area contributed by atoms with E-state index in [4.69, 9.17) is 10.9 Å². The Kier molecular flexibility index (Phi) is 4.30.